The standard InChI is InChI=1S/C29H31FN4O5/c1-38-15-14-32-12-5-13-34-24(32)18-33-17-23(28(36)31-16-20-8-10-22(30)11-9-20)26(35)27(25(33)29(34)37)39-19-21-6-3-2-4-7-21/h2-4,6-11,17,24H,5,12-16,18-19H2,1H3,(H,31,36). The molecule has 2 aromatic carbocycles. The van der Waals surface area contributed by atoms with E-state index in [1.165, 1.54) is 18.3 Å². The third-order valence-electron chi connectivity index (χ3n) is 7.11. The molecule has 5 rings (SSSR count). The molecule has 0 radical (unpaired) electrons. The number of rotatable bonds is 9. The van der Waals surface area contributed by atoms with E-state index in [4.69, 9.17) is 9.47 Å². The van der Waals surface area contributed by atoms with E-state index in [1.54, 1.807) is 28.7 Å². The molecule has 0 bridgehead atoms. The van der Waals surface area contributed by atoms with Crippen LogP contribution in [0.5, 0.6) is 5.75 Å². The Kier molecular flexibility index (Phi) is 8.04. The molecule has 3 heterocycles. The summed E-state index contributed by atoms with van der Waals surface area (Å²) in [6.07, 6.45) is 2.03. The van der Waals surface area contributed by atoms with Gasteiger partial charge in [-0.3, -0.25) is 19.3 Å². The Morgan fingerprint density at radius 3 is 2.56 bits per heavy atom. The minimum Gasteiger partial charge on any atom is -0.483 e. The zero-order valence-electron chi connectivity index (χ0n) is 21.8. The number of carbonyl (C=O) groups is 2. The summed E-state index contributed by atoms with van der Waals surface area (Å²) in [5.74, 6) is -1.41. The first kappa shape index (κ1) is 26.6. The number of aromatic nitrogens is 1. The highest BCUT2D eigenvalue weighted by molar-refractivity contribution is 5.99. The Labute approximate surface area is 225 Å². The van der Waals surface area contributed by atoms with Gasteiger partial charge in [0.25, 0.3) is 11.8 Å². The van der Waals surface area contributed by atoms with Gasteiger partial charge in [0.05, 0.1) is 13.2 Å². The number of pyridine rings is 1. The summed E-state index contributed by atoms with van der Waals surface area (Å²) in [7, 11) is 1.64. The molecule has 204 valence electrons. The fraction of sp³-hybridized carbons (Fsp3) is 0.345. The van der Waals surface area contributed by atoms with Crippen LogP contribution in [-0.2, 0) is 24.4 Å². The molecule has 1 N–H and O–H groups in total. The predicted octanol–water partition coefficient (Wildman–Crippen LogP) is 2.63. The van der Waals surface area contributed by atoms with Gasteiger partial charge in [0.1, 0.15) is 24.2 Å². The van der Waals surface area contributed by atoms with Crippen LogP contribution >= 0.6 is 0 Å². The molecule has 0 saturated carbocycles. The first-order valence-corrected chi connectivity index (χ1v) is 13.0. The number of methoxy groups -OCH3 is 1. The number of hydrogen-bond acceptors (Lipinski definition) is 6. The van der Waals surface area contributed by atoms with Gasteiger partial charge in [0.2, 0.25) is 5.43 Å². The largest absolute Gasteiger partial charge is 0.483 e. The number of nitrogens with zero attached hydrogens (tertiary/aromatic N) is 3. The van der Waals surface area contributed by atoms with Gasteiger partial charge in [-0.25, -0.2) is 4.39 Å². The Balaban J connectivity index is 1.49. The highest BCUT2D eigenvalue weighted by Crippen LogP contribution is 2.29. The first-order chi connectivity index (χ1) is 19.0. The third kappa shape index (κ3) is 5.71. The van der Waals surface area contributed by atoms with E-state index >= 15 is 0 Å². The van der Waals surface area contributed by atoms with Gasteiger partial charge in [0.15, 0.2) is 11.4 Å². The summed E-state index contributed by atoms with van der Waals surface area (Å²) >= 11 is 0. The zero-order chi connectivity index (χ0) is 27.4. The van der Waals surface area contributed by atoms with E-state index in [1.807, 2.05) is 30.3 Å². The van der Waals surface area contributed by atoms with Crippen molar-refractivity contribution in [2.75, 3.05) is 33.4 Å². The monoisotopic (exact) mass is 534 g/mol. The number of amides is 2. The van der Waals surface area contributed by atoms with Gasteiger partial charge >= 0.3 is 0 Å². The highest BCUT2D eigenvalue weighted by atomic mass is 19.1. The lowest BCUT2D eigenvalue weighted by molar-refractivity contribution is -0.0187. The quantitative estimate of drug-likeness (QED) is 0.454. The summed E-state index contributed by atoms with van der Waals surface area (Å²) < 4.78 is 26.2. The van der Waals surface area contributed by atoms with Gasteiger partial charge in [0, 0.05) is 39.5 Å². The smallest absolute Gasteiger partial charge is 0.275 e. The lowest BCUT2D eigenvalue weighted by atomic mass is 10.1. The van der Waals surface area contributed by atoms with Crippen LogP contribution in [0, 0.1) is 5.82 Å². The molecule has 9 nitrogen and oxygen atoms in total. The minimum atomic E-state index is -0.645. The van der Waals surface area contributed by atoms with Gasteiger partial charge < -0.3 is 24.3 Å². The number of ether oxygens (including phenoxy) is 2. The molecule has 1 unspecified atom stereocenters. The number of benzene rings is 2. The summed E-state index contributed by atoms with van der Waals surface area (Å²) in [6.45, 7) is 3.13. The molecule has 1 saturated heterocycles. The second kappa shape index (κ2) is 11.8. The molecule has 0 spiro atoms. The van der Waals surface area contributed by atoms with Crippen LogP contribution in [0.1, 0.15) is 38.4 Å². The number of hydrogen-bond donors (Lipinski definition) is 1. The maximum Gasteiger partial charge on any atom is 0.275 e. The first-order valence-electron chi connectivity index (χ1n) is 13.0. The molecule has 3 aromatic rings. The molecule has 2 aliphatic heterocycles. The van der Waals surface area contributed by atoms with E-state index in [2.05, 4.69) is 10.2 Å². The van der Waals surface area contributed by atoms with Gasteiger partial charge in [-0.2, -0.15) is 0 Å². The summed E-state index contributed by atoms with van der Waals surface area (Å²) in [6, 6.07) is 15.1. The SMILES string of the molecule is COCCN1CCCN2C(=O)c3c(OCc4ccccc4)c(=O)c(C(=O)NCc4ccc(F)cc4)cn3CC12. The maximum atomic E-state index is 13.8. The van der Waals surface area contributed by atoms with Crippen molar-refractivity contribution in [1.29, 1.82) is 0 Å². The summed E-state index contributed by atoms with van der Waals surface area (Å²) in [5, 5.41) is 2.74. The van der Waals surface area contributed by atoms with Gasteiger partial charge in [-0.15, -0.1) is 0 Å². The number of fused-ring (bicyclic) bond motifs is 2. The predicted molar refractivity (Wildman–Crippen MR) is 142 cm³/mol. The van der Waals surface area contributed by atoms with E-state index in [0.717, 1.165) is 18.5 Å². The topological polar surface area (TPSA) is 93.1 Å². The Hall–Kier alpha value is -4.02. The third-order valence-corrected chi connectivity index (χ3v) is 7.11. The second-order valence-electron chi connectivity index (χ2n) is 9.65. The van der Waals surface area contributed by atoms with E-state index < -0.39 is 11.3 Å². The van der Waals surface area contributed by atoms with Gasteiger partial charge in [-0.1, -0.05) is 42.5 Å². The molecule has 1 aromatic heterocycles. The zero-order valence-corrected chi connectivity index (χ0v) is 21.8. The van der Waals surface area contributed by atoms with Crippen molar-refractivity contribution in [2.24, 2.45) is 0 Å². The number of halogens is 1. The van der Waals surface area contributed by atoms with Crippen molar-refractivity contribution < 1.29 is 23.5 Å². The molecular formula is C29H31FN4O5. The fourth-order valence-corrected chi connectivity index (χ4v) is 5.08. The average molecular weight is 535 g/mol. The number of carbonyl (C=O) groups excluding carboxylic acids is 2. The lowest BCUT2D eigenvalue weighted by Crippen LogP contribution is -2.61. The van der Waals surface area contributed by atoms with E-state index in [9.17, 15) is 18.8 Å². The average Bonchev–Trinajstić information content (AvgIpc) is 2.96. The minimum absolute atomic E-state index is 0.0698. The fourth-order valence-electron chi connectivity index (χ4n) is 5.08. The Morgan fingerprint density at radius 1 is 1.05 bits per heavy atom. The maximum absolute atomic E-state index is 13.8. The Bertz CT molecular complexity index is 1390. The van der Waals surface area contributed by atoms with Gasteiger partial charge in [-0.05, 0) is 29.7 Å². The van der Waals surface area contributed by atoms with Crippen molar-refractivity contribution in [3.05, 3.63) is 99.2 Å². The molecule has 10 heteroatoms. The van der Waals surface area contributed by atoms with Crippen LogP contribution in [-0.4, -0.2) is 65.7 Å². The van der Waals surface area contributed by atoms with Crippen molar-refractivity contribution in [2.45, 2.75) is 32.3 Å². The van der Waals surface area contributed by atoms with Crippen LogP contribution in [0.4, 0.5) is 4.39 Å². The van der Waals surface area contributed by atoms with E-state index in [-0.39, 0.29) is 48.0 Å². The van der Waals surface area contributed by atoms with Crippen LogP contribution in [0.25, 0.3) is 0 Å². The Morgan fingerprint density at radius 2 is 1.82 bits per heavy atom. The lowest BCUT2D eigenvalue weighted by Gasteiger charge is -2.47. The van der Waals surface area contributed by atoms with Crippen molar-refractivity contribution >= 4 is 11.8 Å². The van der Waals surface area contributed by atoms with Crippen molar-refractivity contribution in [1.82, 2.24) is 19.7 Å². The van der Waals surface area contributed by atoms with Crippen LogP contribution in [0.2, 0.25) is 0 Å². The molecule has 2 amide bonds. The molecule has 2 aliphatic rings. The highest BCUT2D eigenvalue weighted by Gasteiger charge is 2.41. The molecule has 0 aliphatic carbocycles. The summed E-state index contributed by atoms with van der Waals surface area (Å²) in [4.78, 5) is 44.6. The van der Waals surface area contributed by atoms with Crippen LogP contribution in [0.15, 0.2) is 65.6 Å². The molecule has 39 heavy (non-hydrogen) atoms. The molecule has 1 fully saturated rings. The van der Waals surface area contributed by atoms with Crippen molar-refractivity contribution in [3.8, 4) is 5.75 Å². The summed E-state index contributed by atoms with van der Waals surface area (Å²) in [5.41, 5.74) is 0.894. The van der Waals surface area contributed by atoms with Crippen LogP contribution in [0.3, 0.4) is 0 Å². The number of nitrogens with one attached hydrogen (secondary N) is 1. The van der Waals surface area contributed by atoms with E-state index in [0.29, 0.717) is 31.8 Å². The normalized spacial score (nSPS) is 16.9. The van der Waals surface area contributed by atoms with Crippen LogP contribution < -0.4 is 15.5 Å². The van der Waals surface area contributed by atoms with Crippen molar-refractivity contribution in [3.63, 3.8) is 0 Å². The second-order valence-corrected chi connectivity index (χ2v) is 9.65. The molecular weight excluding hydrogens is 503 g/mol. The molecule has 1 atom stereocenters.